The van der Waals surface area contributed by atoms with E-state index in [0.29, 0.717) is 29.0 Å². The molecule has 1 heterocycles. The predicted octanol–water partition coefficient (Wildman–Crippen LogP) is 10.3. The van der Waals surface area contributed by atoms with Crippen LogP contribution in [0.1, 0.15) is 121 Å². The highest BCUT2D eigenvalue weighted by Crippen LogP contribution is 2.26. The quantitative estimate of drug-likeness (QED) is 0.0506. The molecule has 0 aliphatic carbocycles. The molecule has 0 unspecified atom stereocenters. The van der Waals surface area contributed by atoms with Gasteiger partial charge < -0.3 is 13.9 Å². The number of ether oxygens (including phenoxy) is 2. The molecule has 7 heteroatoms. The van der Waals surface area contributed by atoms with Crippen LogP contribution >= 0.6 is 11.8 Å². The average molecular weight is 581 g/mol. The molecular weight excluding hydrogens is 532 g/mol. The number of nitrogens with zero attached hydrogens (tertiary/aromatic N) is 2. The summed E-state index contributed by atoms with van der Waals surface area (Å²) in [5.41, 5.74) is 1.27. The molecule has 224 valence electrons. The van der Waals surface area contributed by atoms with Gasteiger partial charge in [-0.15, -0.1) is 10.2 Å². The Bertz CT molecular complexity index is 1100. The van der Waals surface area contributed by atoms with Crippen LogP contribution in [0.25, 0.3) is 11.5 Å². The molecule has 0 radical (unpaired) electrons. The number of rotatable bonds is 22. The largest absolute Gasteiger partial charge is 0.494 e. The van der Waals surface area contributed by atoms with Gasteiger partial charge in [-0.05, 0) is 61.4 Å². The maximum atomic E-state index is 12.6. The van der Waals surface area contributed by atoms with Crippen molar-refractivity contribution in [2.24, 2.45) is 0 Å². The SMILES string of the molecule is CCCCCCCCCCOc1ccc(C(=O)Oc2ccc(-c3nnc(SCCCCCCCCC)o3)cc2)cc1. The minimum atomic E-state index is -0.408. The summed E-state index contributed by atoms with van der Waals surface area (Å²) in [4.78, 5) is 12.6. The van der Waals surface area contributed by atoms with Crippen LogP contribution in [-0.2, 0) is 0 Å². The first kappa shape index (κ1) is 32.7. The Morgan fingerprint density at radius 3 is 1.88 bits per heavy atom. The number of carbonyl (C=O) groups excluding carboxylic acids is 1. The van der Waals surface area contributed by atoms with Gasteiger partial charge in [-0.2, -0.15) is 0 Å². The van der Waals surface area contributed by atoms with Gasteiger partial charge in [-0.1, -0.05) is 109 Å². The Morgan fingerprint density at radius 1 is 0.683 bits per heavy atom. The minimum absolute atomic E-state index is 0.408. The van der Waals surface area contributed by atoms with Gasteiger partial charge in [-0.3, -0.25) is 0 Å². The summed E-state index contributed by atoms with van der Waals surface area (Å²) in [5, 5.41) is 8.93. The Kier molecular flexibility index (Phi) is 16.1. The van der Waals surface area contributed by atoms with Crippen molar-refractivity contribution < 1.29 is 18.7 Å². The summed E-state index contributed by atoms with van der Waals surface area (Å²) < 4.78 is 17.2. The van der Waals surface area contributed by atoms with Gasteiger partial charge in [0.25, 0.3) is 5.22 Å². The van der Waals surface area contributed by atoms with Crippen molar-refractivity contribution in [1.82, 2.24) is 10.2 Å². The summed E-state index contributed by atoms with van der Waals surface area (Å²) in [6.45, 7) is 5.19. The summed E-state index contributed by atoms with van der Waals surface area (Å²) >= 11 is 1.61. The van der Waals surface area contributed by atoms with Crippen LogP contribution in [0.2, 0.25) is 0 Å². The van der Waals surface area contributed by atoms with Crippen LogP contribution in [0.3, 0.4) is 0 Å². The van der Waals surface area contributed by atoms with Gasteiger partial charge in [-0.25, -0.2) is 4.79 Å². The molecule has 1 aromatic heterocycles. The second kappa shape index (κ2) is 20.1. The van der Waals surface area contributed by atoms with Crippen LogP contribution in [0.15, 0.2) is 58.2 Å². The number of carbonyl (C=O) groups is 1. The van der Waals surface area contributed by atoms with Gasteiger partial charge in [0.05, 0.1) is 12.2 Å². The third-order valence-corrected chi connectivity index (χ3v) is 7.95. The molecule has 0 atom stereocenters. The lowest BCUT2D eigenvalue weighted by Crippen LogP contribution is -2.08. The summed E-state index contributed by atoms with van der Waals surface area (Å²) in [6, 6.07) is 14.3. The molecule has 0 amide bonds. The Labute approximate surface area is 251 Å². The molecule has 0 spiro atoms. The third-order valence-electron chi connectivity index (χ3n) is 7.05. The maximum absolute atomic E-state index is 12.6. The predicted molar refractivity (Wildman–Crippen MR) is 168 cm³/mol. The zero-order valence-corrected chi connectivity index (χ0v) is 25.9. The molecular formula is C34H48N2O4S. The van der Waals surface area contributed by atoms with Gasteiger partial charge >= 0.3 is 5.97 Å². The van der Waals surface area contributed by atoms with Crippen LogP contribution in [0.5, 0.6) is 11.5 Å². The standard InChI is InChI=1S/C34H48N2O4S/c1-3-5-7-9-11-12-14-16-26-38-30-22-20-29(21-23-30)33(37)39-31-24-18-28(19-25-31)32-35-36-34(40-32)41-27-17-15-13-10-8-6-4-2/h18-25H,3-17,26-27H2,1-2H3. The highest BCUT2D eigenvalue weighted by molar-refractivity contribution is 7.99. The molecule has 0 saturated heterocycles. The van der Waals surface area contributed by atoms with E-state index < -0.39 is 5.97 Å². The second-order valence-corrected chi connectivity index (χ2v) is 11.7. The molecule has 3 rings (SSSR count). The highest BCUT2D eigenvalue weighted by atomic mass is 32.2. The first-order chi connectivity index (χ1) is 20.2. The number of thioether (sulfide) groups is 1. The smallest absolute Gasteiger partial charge is 0.343 e. The fraction of sp³-hybridized carbons (Fsp3) is 0.559. The summed E-state index contributed by atoms with van der Waals surface area (Å²) in [7, 11) is 0. The number of hydrogen-bond donors (Lipinski definition) is 0. The third kappa shape index (κ3) is 13.2. The first-order valence-electron chi connectivity index (χ1n) is 15.7. The molecule has 0 aliphatic rings. The number of aromatic nitrogens is 2. The van der Waals surface area contributed by atoms with Crippen molar-refractivity contribution in [2.45, 2.75) is 115 Å². The van der Waals surface area contributed by atoms with E-state index >= 15 is 0 Å². The lowest BCUT2D eigenvalue weighted by Gasteiger charge is -2.08. The lowest BCUT2D eigenvalue weighted by atomic mass is 10.1. The Hall–Kier alpha value is -2.80. The normalized spacial score (nSPS) is 11.1. The molecule has 2 aromatic carbocycles. The van der Waals surface area contributed by atoms with Crippen LogP contribution in [0.4, 0.5) is 0 Å². The zero-order valence-electron chi connectivity index (χ0n) is 25.1. The zero-order chi connectivity index (χ0) is 29.0. The highest BCUT2D eigenvalue weighted by Gasteiger charge is 2.12. The second-order valence-electron chi connectivity index (χ2n) is 10.6. The number of unbranched alkanes of at least 4 members (excludes halogenated alkanes) is 13. The summed E-state index contributed by atoms with van der Waals surface area (Å²) in [5.74, 6) is 2.27. The van der Waals surface area contributed by atoms with Crippen molar-refractivity contribution in [2.75, 3.05) is 12.4 Å². The van der Waals surface area contributed by atoms with Crippen molar-refractivity contribution in [3.05, 3.63) is 54.1 Å². The van der Waals surface area contributed by atoms with E-state index in [4.69, 9.17) is 13.9 Å². The van der Waals surface area contributed by atoms with Gasteiger partial charge in [0.15, 0.2) is 0 Å². The monoisotopic (exact) mass is 580 g/mol. The van der Waals surface area contributed by atoms with E-state index in [1.807, 2.05) is 24.3 Å². The van der Waals surface area contributed by atoms with E-state index in [2.05, 4.69) is 24.0 Å². The number of hydrogen-bond acceptors (Lipinski definition) is 7. The molecule has 0 aliphatic heterocycles. The molecule has 0 saturated carbocycles. The maximum Gasteiger partial charge on any atom is 0.343 e. The first-order valence-corrected chi connectivity index (χ1v) is 16.7. The van der Waals surface area contributed by atoms with Crippen molar-refractivity contribution in [1.29, 1.82) is 0 Å². The van der Waals surface area contributed by atoms with E-state index in [1.54, 1.807) is 36.0 Å². The lowest BCUT2D eigenvalue weighted by molar-refractivity contribution is 0.0734. The van der Waals surface area contributed by atoms with Crippen LogP contribution in [-0.4, -0.2) is 28.5 Å². The van der Waals surface area contributed by atoms with Crippen molar-refractivity contribution in [3.8, 4) is 23.0 Å². The molecule has 0 bridgehead atoms. The topological polar surface area (TPSA) is 74.5 Å². The molecule has 0 fully saturated rings. The fourth-order valence-electron chi connectivity index (χ4n) is 4.55. The Morgan fingerprint density at radius 2 is 1.24 bits per heavy atom. The number of esters is 1. The van der Waals surface area contributed by atoms with Crippen LogP contribution < -0.4 is 9.47 Å². The molecule has 41 heavy (non-hydrogen) atoms. The van der Waals surface area contributed by atoms with E-state index in [9.17, 15) is 4.79 Å². The van der Waals surface area contributed by atoms with Gasteiger partial charge in [0.2, 0.25) is 5.89 Å². The Balaban J connectivity index is 1.33. The number of benzene rings is 2. The van der Waals surface area contributed by atoms with Crippen LogP contribution in [0, 0.1) is 0 Å². The average Bonchev–Trinajstić information content (AvgIpc) is 3.47. The summed E-state index contributed by atoms with van der Waals surface area (Å²) in [6.07, 6.45) is 19.2. The molecule has 6 nitrogen and oxygen atoms in total. The molecule has 0 N–H and O–H groups in total. The van der Waals surface area contributed by atoms with E-state index in [0.717, 1.165) is 29.9 Å². The van der Waals surface area contributed by atoms with E-state index in [1.165, 1.54) is 83.5 Å². The van der Waals surface area contributed by atoms with E-state index in [-0.39, 0.29) is 0 Å². The van der Waals surface area contributed by atoms with Gasteiger partial charge in [0.1, 0.15) is 11.5 Å². The molecule has 3 aromatic rings. The minimum Gasteiger partial charge on any atom is -0.494 e. The van der Waals surface area contributed by atoms with Crippen molar-refractivity contribution >= 4 is 17.7 Å². The van der Waals surface area contributed by atoms with Gasteiger partial charge in [0, 0.05) is 11.3 Å². The fourth-order valence-corrected chi connectivity index (χ4v) is 5.31. The van der Waals surface area contributed by atoms with Crippen molar-refractivity contribution in [3.63, 3.8) is 0 Å².